The van der Waals surface area contributed by atoms with Crippen molar-refractivity contribution in [3.05, 3.63) is 24.0 Å². The third-order valence-corrected chi connectivity index (χ3v) is 2.89. The quantitative estimate of drug-likeness (QED) is 0.809. The molecule has 1 amide bonds. The van der Waals surface area contributed by atoms with Crippen LogP contribution in [0.15, 0.2) is 18.3 Å². The number of carbonyl (C=O) groups excluding carboxylic acids is 1. The number of aromatic nitrogens is 1. The van der Waals surface area contributed by atoms with Gasteiger partial charge < -0.3 is 10.2 Å². The monoisotopic (exact) mass is 264 g/mol. The Labute approximate surface area is 115 Å². The minimum atomic E-state index is 0.123. The molecule has 0 spiro atoms. The van der Waals surface area contributed by atoms with Gasteiger partial charge in [0.15, 0.2) is 0 Å². The Hall–Kier alpha value is -1.62. The molecule has 5 heteroatoms. The molecule has 1 aromatic rings. The molecule has 0 fully saturated rings. The minimum Gasteiger partial charge on any atom is -0.388 e. The molecule has 1 N–H and O–H groups in total. The lowest BCUT2D eigenvalue weighted by atomic mass is 10.2. The van der Waals surface area contributed by atoms with Gasteiger partial charge in [0, 0.05) is 39.6 Å². The van der Waals surface area contributed by atoms with E-state index in [9.17, 15) is 4.79 Å². The second-order valence-corrected chi connectivity index (χ2v) is 4.78. The zero-order valence-corrected chi connectivity index (χ0v) is 12.3. The average molecular weight is 264 g/mol. The first-order valence-corrected chi connectivity index (χ1v) is 6.62. The van der Waals surface area contributed by atoms with Crippen molar-refractivity contribution in [1.29, 1.82) is 0 Å². The molecule has 19 heavy (non-hydrogen) atoms. The van der Waals surface area contributed by atoms with Gasteiger partial charge in [0.05, 0.1) is 12.2 Å². The molecule has 0 aromatic carbocycles. The van der Waals surface area contributed by atoms with E-state index in [1.807, 2.05) is 19.2 Å². The molecule has 0 aliphatic carbocycles. The van der Waals surface area contributed by atoms with Crippen LogP contribution in [-0.4, -0.2) is 54.9 Å². The highest BCUT2D eigenvalue weighted by molar-refractivity contribution is 5.77. The fourth-order valence-electron chi connectivity index (χ4n) is 1.81. The lowest BCUT2D eigenvalue weighted by Crippen LogP contribution is -2.36. The summed E-state index contributed by atoms with van der Waals surface area (Å²) in [7, 11) is 5.46. The van der Waals surface area contributed by atoms with Gasteiger partial charge in [0.2, 0.25) is 5.91 Å². The van der Waals surface area contributed by atoms with Crippen LogP contribution in [0.3, 0.4) is 0 Å². The van der Waals surface area contributed by atoms with Gasteiger partial charge in [0.25, 0.3) is 0 Å². The molecule has 0 saturated heterocycles. The Kier molecular flexibility index (Phi) is 6.29. The molecule has 0 unspecified atom stereocenters. The first-order valence-electron chi connectivity index (χ1n) is 6.62. The normalized spacial score (nSPS) is 10.6. The molecule has 0 aliphatic heterocycles. The van der Waals surface area contributed by atoms with Crippen LogP contribution in [0.25, 0.3) is 0 Å². The average Bonchev–Trinajstić information content (AvgIpc) is 2.39. The van der Waals surface area contributed by atoms with Crippen molar-refractivity contribution >= 4 is 11.6 Å². The van der Waals surface area contributed by atoms with Crippen LogP contribution in [0.4, 0.5) is 5.69 Å². The summed E-state index contributed by atoms with van der Waals surface area (Å²) in [5.41, 5.74) is 2.02. The van der Waals surface area contributed by atoms with E-state index >= 15 is 0 Å². The van der Waals surface area contributed by atoms with E-state index in [2.05, 4.69) is 22.1 Å². The Morgan fingerprint density at radius 2 is 2.16 bits per heavy atom. The second kappa shape index (κ2) is 7.74. The van der Waals surface area contributed by atoms with E-state index in [4.69, 9.17) is 0 Å². The number of nitrogens with zero attached hydrogens (tertiary/aromatic N) is 3. The van der Waals surface area contributed by atoms with Crippen LogP contribution in [0.2, 0.25) is 0 Å². The van der Waals surface area contributed by atoms with Crippen LogP contribution >= 0.6 is 0 Å². The molecule has 0 bridgehead atoms. The summed E-state index contributed by atoms with van der Waals surface area (Å²) < 4.78 is 0. The topological polar surface area (TPSA) is 48.5 Å². The molecule has 5 nitrogen and oxygen atoms in total. The summed E-state index contributed by atoms with van der Waals surface area (Å²) in [5.74, 6) is 0.123. The van der Waals surface area contributed by atoms with Crippen molar-refractivity contribution in [2.75, 3.05) is 39.5 Å². The maximum Gasteiger partial charge on any atom is 0.236 e. The van der Waals surface area contributed by atoms with E-state index in [0.29, 0.717) is 13.1 Å². The third kappa shape index (κ3) is 5.26. The Morgan fingerprint density at radius 1 is 1.42 bits per heavy atom. The summed E-state index contributed by atoms with van der Waals surface area (Å²) in [4.78, 5) is 19.9. The summed E-state index contributed by atoms with van der Waals surface area (Å²) in [6.45, 7) is 4.14. The smallest absolute Gasteiger partial charge is 0.236 e. The van der Waals surface area contributed by atoms with Gasteiger partial charge in [-0.15, -0.1) is 0 Å². The number of carbonyl (C=O) groups is 1. The van der Waals surface area contributed by atoms with E-state index in [1.165, 1.54) is 0 Å². The highest BCUT2D eigenvalue weighted by Gasteiger charge is 2.12. The lowest BCUT2D eigenvalue weighted by Gasteiger charge is -2.22. The largest absolute Gasteiger partial charge is 0.388 e. The molecule has 106 valence electrons. The molecule has 0 saturated carbocycles. The molecular weight excluding hydrogens is 240 g/mol. The van der Waals surface area contributed by atoms with Crippen LogP contribution in [-0.2, 0) is 11.3 Å². The van der Waals surface area contributed by atoms with Gasteiger partial charge in [0.1, 0.15) is 0 Å². The molecular formula is C14H24N4O. The second-order valence-electron chi connectivity index (χ2n) is 4.78. The molecule has 1 heterocycles. The zero-order valence-electron chi connectivity index (χ0n) is 12.3. The first-order chi connectivity index (χ1) is 9.06. The van der Waals surface area contributed by atoms with Crippen molar-refractivity contribution in [1.82, 2.24) is 14.8 Å². The number of nitrogens with one attached hydrogen (secondary N) is 1. The number of pyridine rings is 1. The summed E-state index contributed by atoms with van der Waals surface area (Å²) >= 11 is 0. The highest BCUT2D eigenvalue weighted by atomic mass is 16.2. The number of hydrogen-bond acceptors (Lipinski definition) is 4. The Bertz CT molecular complexity index is 406. The molecule has 0 atom stereocenters. The van der Waals surface area contributed by atoms with E-state index in [1.54, 1.807) is 25.2 Å². The first kappa shape index (κ1) is 15.4. The van der Waals surface area contributed by atoms with Crippen molar-refractivity contribution in [2.24, 2.45) is 0 Å². The maximum absolute atomic E-state index is 11.8. The standard InChI is InChI=1S/C14H24N4O/c1-5-8-18(11-14(19)17(3)4)10-13-9-12(15-2)6-7-16-13/h6-7,9H,5,8,10-11H2,1-4H3,(H,15,16). The van der Waals surface area contributed by atoms with E-state index < -0.39 is 0 Å². The van der Waals surface area contributed by atoms with Crippen LogP contribution in [0.5, 0.6) is 0 Å². The third-order valence-electron chi connectivity index (χ3n) is 2.89. The van der Waals surface area contributed by atoms with Gasteiger partial charge in [-0.1, -0.05) is 6.92 Å². The van der Waals surface area contributed by atoms with Gasteiger partial charge >= 0.3 is 0 Å². The number of hydrogen-bond donors (Lipinski definition) is 1. The number of rotatable bonds is 7. The van der Waals surface area contributed by atoms with Crippen LogP contribution in [0.1, 0.15) is 19.0 Å². The van der Waals surface area contributed by atoms with Crippen molar-refractivity contribution in [3.8, 4) is 0 Å². The fraction of sp³-hybridized carbons (Fsp3) is 0.571. The predicted molar refractivity (Wildman–Crippen MR) is 78.0 cm³/mol. The number of likely N-dealkylation sites (N-methyl/N-ethyl adjacent to an activating group) is 1. The van der Waals surface area contributed by atoms with Crippen molar-refractivity contribution in [2.45, 2.75) is 19.9 Å². The van der Waals surface area contributed by atoms with Gasteiger partial charge in [-0.05, 0) is 25.1 Å². The van der Waals surface area contributed by atoms with Crippen molar-refractivity contribution in [3.63, 3.8) is 0 Å². The maximum atomic E-state index is 11.8. The summed E-state index contributed by atoms with van der Waals surface area (Å²) in [6.07, 6.45) is 2.81. The molecule has 0 radical (unpaired) electrons. The fourth-order valence-corrected chi connectivity index (χ4v) is 1.81. The van der Waals surface area contributed by atoms with Crippen molar-refractivity contribution < 1.29 is 4.79 Å². The van der Waals surface area contributed by atoms with E-state index in [0.717, 1.165) is 24.3 Å². The molecule has 0 aliphatic rings. The summed E-state index contributed by atoms with van der Waals surface area (Å²) in [6, 6.07) is 3.95. The Balaban J connectivity index is 2.68. The van der Waals surface area contributed by atoms with Gasteiger partial charge in [-0.2, -0.15) is 0 Å². The summed E-state index contributed by atoms with van der Waals surface area (Å²) in [5, 5.41) is 3.10. The predicted octanol–water partition coefficient (Wildman–Crippen LogP) is 1.42. The van der Waals surface area contributed by atoms with Gasteiger partial charge in [-0.25, -0.2) is 0 Å². The van der Waals surface area contributed by atoms with E-state index in [-0.39, 0.29) is 5.91 Å². The number of amides is 1. The van der Waals surface area contributed by atoms with Crippen LogP contribution < -0.4 is 5.32 Å². The Morgan fingerprint density at radius 3 is 2.74 bits per heavy atom. The number of anilines is 1. The minimum absolute atomic E-state index is 0.123. The highest BCUT2D eigenvalue weighted by Crippen LogP contribution is 2.09. The lowest BCUT2D eigenvalue weighted by molar-refractivity contribution is -0.130. The van der Waals surface area contributed by atoms with Crippen LogP contribution in [0, 0.1) is 0 Å². The molecule has 1 aromatic heterocycles. The molecule has 1 rings (SSSR count). The SMILES string of the molecule is CCCN(CC(=O)N(C)C)Cc1cc(NC)ccn1. The van der Waals surface area contributed by atoms with Gasteiger partial charge in [-0.3, -0.25) is 14.7 Å². The zero-order chi connectivity index (χ0) is 14.3.